The van der Waals surface area contributed by atoms with Gasteiger partial charge >= 0.3 is 5.97 Å². The van der Waals surface area contributed by atoms with Crippen molar-refractivity contribution < 1.29 is 19.1 Å². The number of nitrogens with one attached hydrogen (secondary N) is 1. The van der Waals surface area contributed by atoms with Gasteiger partial charge in [-0.05, 0) is 56.7 Å². The van der Waals surface area contributed by atoms with Crippen LogP contribution in [0.2, 0.25) is 0 Å². The lowest BCUT2D eigenvalue weighted by atomic mass is 10.0. The second kappa shape index (κ2) is 8.00. The zero-order valence-corrected chi connectivity index (χ0v) is 15.9. The highest BCUT2D eigenvalue weighted by Gasteiger charge is 2.18. The number of carbonyl (C=O) groups excluding carboxylic acids is 3. The summed E-state index contributed by atoms with van der Waals surface area (Å²) in [5, 5.41) is 3.50. The van der Waals surface area contributed by atoms with E-state index in [4.69, 9.17) is 4.74 Å². The van der Waals surface area contributed by atoms with Gasteiger partial charge in [0.2, 0.25) is 0 Å². The third-order valence-electron chi connectivity index (χ3n) is 4.45. The molecule has 0 aliphatic carbocycles. The Hall–Kier alpha value is -3.54. The molecule has 1 aromatic heterocycles. The van der Waals surface area contributed by atoms with E-state index in [1.165, 1.54) is 6.92 Å². The molecule has 2 aromatic carbocycles. The molecule has 0 atom stereocenters. The van der Waals surface area contributed by atoms with Gasteiger partial charge in [0.05, 0.1) is 16.8 Å². The highest BCUT2D eigenvalue weighted by atomic mass is 16.5. The minimum atomic E-state index is -0.588. The third kappa shape index (κ3) is 4.06. The number of hydrogen-bond acceptors (Lipinski definition) is 5. The third-order valence-corrected chi connectivity index (χ3v) is 4.45. The van der Waals surface area contributed by atoms with Gasteiger partial charge in [-0.2, -0.15) is 0 Å². The Balaban J connectivity index is 1.67. The molecule has 142 valence electrons. The molecule has 0 saturated heterocycles. The van der Waals surface area contributed by atoms with Crippen LogP contribution in [0.25, 0.3) is 10.9 Å². The fourth-order valence-electron chi connectivity index (χ4n) is 3.02. The first-order valence-electron chi connectivity index (χ1n) is 8.80. The fraction of sp³-hybridized carbons (Fsp3) is 0.182. The van der Waals surface area contributed by atoms with Crippen molar-refractivity contribution >= 4 is 34.3 Å². The maximum atomic E-state index is 12.5. The van der Waals surface area contributed by atoms with Crippen molar-refractivity contribution in [2.24, 2.45) is 0 Å². The predicted octanol–water partition coefficient (Wildman–Crippen LogP) is 3.85. The standard InChI is InChI=1S/C22H20N2O4/c1-13-18-6-4-5-7-19(18)23-14(2)21(13)22(27)28-12-20(26)24-17-10-8-16(9-11-17)15(3)25/h4-11H,12H2,1-3H3,(H,24,26). The molecule has 1 amide bonds. The van der Waals surface area contributed by atoms with Gasteiger partial charge in [-0.25, -0.2) is 4.79 Å². The zero-order valence-electron chi connectivity index (χ0n) is 15.9. The molecule has 0 radical (unpaired) electrons. The molecule has 0 saturated carbocycles. The Morgan fingerprint density at radius 2 is 1.68 bits per heavy atom. The highest BCUT2D eigenvalue weighted by Crippen LogP contribution is 2.23. The van der Waals surface area contributed by atoms with Crippen LogP contribution in [0, 0.1) is 13.8 Å². The van der Waals surface area contributed by atoms with Crippen molar-refractivity contribution in [3.63, 3.8) is 0 Å². The number of aromatic nitrogens is 1. The molecular weight excluding hydrogens is 356 g/mol. The van der Waals surface area contributed by atoms with E-state index < -0.39 is 18.5 Å². The first-order chi connectivity index (χ1) is 13.4. The van der Waals surface area contributed by atoms with Crippen molar-refractivity contribution in [1.82, 2.24) is 4.98 Å². The van der Waals surface area contributed by atoms with Crippen LogP contribution in [0.1, 0.15) is 38.9 Å². The number of nitrogens with zero attached hydrogens (tertiary/aromatic N) is 1. The number of aryl methyl sites for hydroxylation is 2. The quantitative estimate of drug-likeness (QED) is 0.540. The number of pyridine rings is 1. The van der Waals surface area contributed by atoms with E-state index >= 15 is 0 Å². The molecule has 1 heterocycles. The molecule has 1 N–H and O–H groups in total. The van der Waals surface area contributed by atoms with Gasteiger partial charge in [-0.3, -0.25) is 14.6 Å². The van der Waals surface area contributed by atoms with Crippen LogP contribution < -0.4 is 5.32 Å². The minimum absolute atomic E-state index is 0.0541. The lowest BCUT2D eigenvalue weighted by Gasteiger charge is -2.12. The first-order valence-corrected chi connectivity index (χ1v) is 8.80. The molecule has 0 aliphatic rings. The SMILES string of the molecule is CC(=O)c1ccc(NC(=O)COC(=O)c2c(C)nc3ccccc3c2C)cc1. The van der Waals surface area contributed by atoms with Crippen molar-refractivity contribution in [3.05, 3.63) is 70.9 Å². The summed E-state index contributed by atoms with van der Waals surface area (Å²) in [5.74, 6) is -1.11. The number of fused-ring (bicyclic) bond motifs is 1. The summed E-state index contributed by atoms with van der Waals surface area (Å²) < 4.78 is 5.19. The molecule has 6 heteroatoms. The monoisotopic (exact) mass is 376 g/mol. The molecule has 3 aromatic rings. The van der Waals surface area contributed by atoms with Gasteiger partial charge in [-0.1, -0.05) is 18.2 Å². The number of carbonyl (C=O) groups is 3. The minimum Gasteiger partial charge on any atom is -0.452 e. The van der Waals surface area contributed by atoms with Crippen molar-refractivity contribution in [2.45, 2.75) is 20.8 Å². The van der Waals surface area contributed by atoms with Gasteiger partial charge in [0.1, 0.15) is 0 Å². The molecular formula is C22H20N2O4. The lowest BCUT2D eigenvalue weighted by Crippen LogP contribution is -2.22. The molecule has 3 rings (SSSR count). The maximum Gasteiger partial charge on any atom is 0.340 e. The Morgan fingerprint density at radius 3 is 2.36 bits per heavy atom. The summed E-state index contributed by atoms with van der Waals surface area (Å²) >= 11 is 0. The molecule has 0 spiro atoms. The number of amides is 1. The Bertz CT molecular complexity index is 1070. The smallest absolute Gasteiger partial charge is 0.340 e. The predicted molar refractivity (Wildman–Crippen MR) is 107 cm³/mol. The van der Waals surface area contributed by atoms with Crippen LogP contribution in [0.3, 0.4) is 0 Å². The van der Waals surface area contributed by atoms with E-state index in [1.807, 2.05) is 31.2 Å². The highest BCUT2D eigenvalue weighted by molar-refractivity contribution is 6.00. The number of esters is 1. The number of hydrogen-bond donors (Lipinski definition) is 1. The number of benzene rings is 2. The van der Waals surface area contributed by atoms with Crippen LogP contribution in [-0.4, -0.2) is 29.3 Å². The first kappa shape index (κ1) is 19.2. The van der Waals surface area contributed by atoms with E-state index in [1.54, 1.807) is 31.2 Å². The number of anilines is 1. The second-order valence-corrected chi connectivity index (χ2v) is 6.47. The van der Waals surface area contributed by atoms with E-state index in [9.17, 15) is 14.4 Å². The second-order valence-electron chi connectivity index (χ2n) is 6.47. The van der Waals surface area contributed by atoms with Crippen molar-refractivity contribution in [2.75, 3.05) is 11.9 Å². The van der Waals surface area contributed by atoms with E-state index in [0.29, 0.717) is 22.5 Å². The number of ether oxygens (including phenoxy) is 1. The molecule has 0 unspecified atom stereocenters. The summed E-state index contributed by atoms with van der Waals surface area (Å²) in [4.78, 5) is 40.3. The van der Waals surface area contributed by atoms with Crippen LogP contribution >= 0.6 is 0 Å². The van der Waals surface area contributed by atoms with Gasteiger partial charge in [0.15, 0.2) is 12.4 Å². The van der Waals surface area contributed by atoms with Crippen LogP contribution in [0.4, 0.5) is 5.69 Å². The Kier molecular flexibility index (Phi) is 5.49. The van der Waals surface area contributed by atoms with Gasteiger partial charge in [-0.15, -0.1) is 0 Å². The van der Waals surface area contributed by atoms with Gasteiger partial charge < -0.3 is 10.1 Å². The van der Waals surface area contributed by atoms with Crippen LogP contribution in [-0.2, 0) is 9.53 Å². The largest absolute Gasteiger partial charge is 0.452 e. The molecule has 0 fully saturated rings. The molecule has 0 bridgehead atoms. The summed E-state index contributed by atoms with van der Waals surface area (Å²) in [6.45, 7) is 4.63. The summed E-state index contributed by atoms with van der Waals surface area (Å²) in [6.07, 6.45) is 0. The molecule has 0 aliphatic heterocycles. The summed E-state index contributed by atoms with van der Waals surface area (Å²) in [7, 11) is 0. The number of rotatable bonds is 5. The number of Topliss-reactive ketones (excluding diaryl/α,β-unsaturated/α-hetero) is 1. The molecule has 6 nitrogen and oxygen atoms in total. The maximum absolute atomic E-state index is 12.5. The van der Waals surface area contributed by atoms with E-state index in [2.05, 4.69) is 10.3 Å². The fourth-order valence-corrected chi connectivity index (χ4v) is 3.02. The normalized spacial score (nSPS) is 10.5. The lowest BCUT2D eigenvalue weighted by molar-refractivity contribution is -0.119. The Labute approximate surface area is 162 Å². The van der Waals surface area contributed by atoms with Gasteiger partial charge in [0.25, 0.3) is 5.91 Å². The van der Waals surface area contributed by atoms with Crippen molar-refractivity contribution in [1.29, 1.82) is 0 Å². The van der Waals surface area contributed by atoms with Crippen LogP contribution in [0.5, 0.6) is 0 Å². The van der Waals surface area contributed by atoms with Crippen LogP contribution in [0.15, 0.2) is 48.5 Å². The summed E-state index contributed by atoms with van der Waals surface area (Å²) in [5.41, 5.74) is 3.58. The topological polar surface area (TPSA) is 85.4 Å². The van der Waals surface area contributed by atoms with E-state index in [-0.39, 0.29) is 5.78 Å². The van der Waals surface area contributed by atoms with Gasteiger partial charge in [0, 0.05) is 16.6 Å². The van der Waals surface area contributed by atoms with E-state index in [0.717, 1.165) is 16.5 Å². The summed E-state index contributed by atoms with van der Waals surface area (Å²) in [6, 6.07) is 14.0. The zero-order chi connectivity index (χ0) is 20.3. The Morgan fingerprint density at radius 1 is 1.00 bits per heavy atom. The average molecular weight is 376 g/mol. The number of ketones is 1. The number of para-hydroxylation sites is 1. The average Bonchev–Trinajstić information content (AvgIpc) is 2.67. The van der Waals surface area contributed by atoms with Crippen molar-refractivity contribution in [3.8, 4) is 0 Å². The molecule has 28 heavy (non-hydrogen) atoms.